The van der Waals surface area contributed by atoms with Gasteiger partial charge in [0.2, 0.25) is 35.8 Å². The van der Waals surface area contributed by atoms with Crippen molar-refractivity contribution in [3.63, 3.8) is 0 Å². The molecule has 16 nitrogen and oxygen atoms in total. The molecular weight excluding hydrogens is 1140 g/mol. The van der Waals surface area contributed by atoms with Crippen molar-refractivity contribution >= 4 is 70.7 Å². The summed E-state index contributed by atoms with van der Waals surface area (Å²) in [5, 5.41) is 9.90. The molecule has 0 fully saturated rings. The molecule has 3 atom stereocenters. The van der Waals surface area contributed by atoms with E-state index in [1.54, 1.807) is 77.7 Å². The van der Waals surface area contributed by atoms with Crippen LogP contribution in [-0.2, 0) is 14.2 Å². The van der Waals surface area contributed by atoms with Crippen LogP contribution >= 0.6 is 0 Å². The second kappa shape index (κ2) is 43.9. The number of aliphatic imine (C=N–C) groups is 6. The molecule has 3 heterocycles. The van der Waals surface area contributed by atoms with Crippen molar-refractivity contribution in [2.45, 2.75) is 273 Å². The fourth-order valence-electron chi connectivity index (χ4n) is 11.9. The minimum atomic E-state index is -0.339. The summed E-state index contributed by atoms with van der Waals surface area (Å²) >= 11 is 0. The summed E-state index contributed by atoms with van der Waals surface area (Å²) in [6, 6.07) is 21.3. The number of carbonyl (C=O) groups excluding carboxylic acids is 3. The van der Waals surface area contributed by atoms with Crippen molar-refractivity contribution in [1.29, 1.82) is 0 Å². The van der Waals surface area contributed by atoms with Gasteiger partial charge in [-0.1, -0.05) is 234 Å². The van der Waals surface area contributed by atoms with Gasteiger partial charge in [-0.3, -0.25) is 0 Å². The van der Waals surface area contributed by atoms with Crippen LogP contribution in [0.25, 0.3) is 0 Å². The van der Waals surface area contributed by atoms with E-state index in [1.165, 1.54) is 173 Å². The van der Waals surface area contributed by atoms with Crippen LogP contribution in [0.5, 0.6) is 0 Å². The van der Waals surface area contributed by atoms with Gasteiger partial charge in [-0.05, 0) is 129 Å². The summed E-state index contributed by atoms with van der Waals surface area (Å²) in [7, 11) is 0. The first-order valence-corrected chi connectivity index (χ1v) is 36.1. The highest BCUT2D eigenvalue weighted by Crippen LogP contribution is 2.26. The molecule has 3 unspecified atom stereocenters. The third-order valence-electron chi connectivity index (χ3n) is 17.6. The Balaban J connectivity index is 1.15. The average Bonchev–Trinajstić information content (AvgIpc) is 0.813. The highest BCUT2D eigenvalue weighted by atomic mass is 16.5. The zero-order valence-corrected chi connectivity index (χ0v) is 56.8. The van der Waals surface area contributed by atoms with E-state index in [4.69, 9.17) is 44.2 Å². The van der Waals surface area contributed by atoms with E-state index >= 15 is 0 Å². The first-order chi connectivity index (χ1) is 44.6. The van der Waals surface area contributed by atoms with Gasteiger partial charge >= 0.3 is 17.9 Å². The summed E-state index contributed by atoms with van der Waals surface area (Å²) in [5.74, 6) is 1.27. The second-order valence-corrected chi connectivity index (χ2v) is 25.6. The molecule has 3 aliphatic heterocycles. The third kappa shape index (κ3) is 28.0. The Morgan fingerprint density at radius 1 is 0.308 bits per heavy atom. The van der Waals surface area contributed by atoms with E-state index in [1.807, 2.05) is 0 Å². The number of nitrogens with one attached hydrogen (secondary N) is 3. The summed E-state index contributed by atoms with van der Waals surface area (Å²) in [4.78, 5) is 70.9. The highest BCUT2D eigenvalue weighted by molar-refractivity contribution is 6.32. The van der Waals surface area contributed by atoms with Crippen LogP contribution in [0.2, 0.25) is 0 Å². The Labute approximate surface area is 547 Å². The minimum absolute atomic E-state index is 0.197. The van der Waals surface area contributed by atoms with E-state index < -0.39 is 0 Å². The standard InChI is InChI=1S/C75H114N10O6/c1-7-13-19-25-28-34-40-58(37-31-22-16-10-4)55-89-67(86)61-43-49-64(50-44-61)76-70-79-73-81-71(77-65-51-45-62(46-52-65)68(87)90-56-59(38-32-23-17-11-5)41-35-29-26-20-14-8-2)83-75-84-72(82-74(80-70)85(73)75)78-66-53-47-63(48-54-66)69(88)91-57-60(39-33-24-18-12-6)42-36-30-27-21-15-9-3/h43-54,58-60H,7-42,55-57H2,1-6H3,(H3,76,77,78,79,80,81,82,83,84). The van der Waals surface area contributed by atoms with Crippen LogP contribution in [-0.4, -0.2) is 78.4 Å². The van der Waals surface area contributed by atoms with Gasteiger partial charge in [0.15, 0.2) is 0 Å². The van der Waals surface area contributed by atoms with Crippen molar-refractivity contribution < 1.29 is 28.6 Å². The van der Waals surface area contributed by atoms with Crippen LogP contribution in [0.4, 0.5) is 17.1 Å². The van der Waals surface area contributed by atoms with E-state index in [0.717, 1.165) is 57.8 Å². The number of esters is 3. The minimum Gasteiger partial charge on any atom is -0.462 e. The third-order valence-corrected chi connectivity index (χ3v) is 17.6. The predicted octanol–water partition coefficient (Wildman–Crippen LogP) is 20.3. The Morgan fingerprint density at radius 3 is 0.747 bits per heavy atom. The molecule has 3 N–H and O–H groups in total. The average molecular weight is 1250 g/mol. The number of anilines is 3. The zero-order valence-electron chi connectivity index (χ0n) is 56.8. The molecule has 3 aromatic carbocycles. The summed E-state index contributed by atoms with van der Waals surface area (Å²) < 4.78 is 17.9. The fourth-order valence-corrected chi connectivity index (χ4v) is 11.9. The van der Waals surface area contributed by atoms with Crippen LogP contribution in [0.1, 0.15) is 304 Å². The molecule has 0 radical (unpaired) electrons. The summed E-state index contributed by atoms with van der Waals surface area (Å²) in [6.45, 7) is 14.7. The predicted molar refractivity (Wildman–Crippen MR) is 378 cm³/mol. The van der Waals surface area contributed by atoms with Crippen molar-refractivity contribution in [2.24, 2.45) is 47.7 Å². The zero-order chi connectivity index (χ0) is 64.5. The number of unbranched alkanes of at least 4 members (excludes halogenated alkanes) is 24. The van der Waals surface area contributed by atoms with Gasteiger partial charge in [-0.25, -0.2) is 19.3 Å². The summed E-state index contributed by atoms with van der Waals surface area (Å²) in [6.07, 6.45) is 43.2. The molecule has 0 spiro atoms. The van der Waals surface area contributed by atoms with Gasteiger partial charge < -0.3 is 30.2 Å². The van der Waals surface area contributed by atoms with Gasteiger partial charge in [0, 0.05) is 17.1 Å². The molecule has 0 aliphatic carbocycles. The number of ether oxygens (including phenoxy) is 3. The van der Waals surface area contributed by atoms with E-state index in [9.17, 15) is 14.4 Å². The molecule has 3 aromatic rings. The highest BCUT2D eigenvalue weighted by Gasteiger charge is 2.35. The molecule has 16 heteroatoms. The number of hydrogen-bond donors (Lipinski definition) is 3. The number of carbonyl (C=O) groups is 3. The van der Waals surface area contributed by atoms with E-state index in [0.29, 0.717) is 71.3 Å². The van der Waals surface area contributed by atoms with Crippen LogP contribution in [0.15, 0.2) is 103 Å². The SMILES string of the molecule is CCCCCCCCC(CCCCCC)COC(=O)c1ccc(NC2=NC3=NC(Nc4ccc(C(=O)OCC(CCCCCC)CCCCCCCC)cc4)=NC4=NC(Nc5ccc(C(=O)OCC(CCCCCC)CCCCCCCC)cc5)=NC(=N2)N34)cc1. The normalized spacial score (nSPS) is 14.4. The number of hydrogen-bond acceptors (Lipinski definition) is 16. The van der Waals surface area contributed by atoms with Gasteiger partial charge in [0.1, 0.15) is 0 Å². The monoisotopic (exact) mass is 1250 g/mol. The Hall–Kier alpha value is -6.71. The van der Waals surface area contributed by atoms with Crippen LogP contribution < -0.4 is 16.0 Å². The molecule has 0 bridgehead atoms. The van der Waals surface area contributed by atoms with Crippen molar-refractivity contribution in [1.82, 2.24) is 4.90 Å². The smallest absolute Gasteiger partial charge is 0.338 e. The Bertz CT molecular complexity index is 2470. The molecule has 0 amide bonds. The number of guanidine groups is 6. The lowest BCUT2D eigenvalue weighted by atomic mass is 9.95. The molecule has 6 rings (SSSR count). The molecule has 500 valence electrons. The van der Waals surface area contributed by atoms with Crippen LogP contribution in [0.3, 0.4) is 0 Å². The largest absolute Gasteiger partial charge is 0.462 e. The second-order valence-electron chi connectivity index (χ2n) is 25.6. The molecular formula is C75H114N10O6. The number of nitrogens with zero attached hydrogens (tertiary/aromatic N) is 7. The first-order valence-electron chi connectivity index (χ1n) is 36.1. The quantitative estimate of drug-likeness (QED) is 0.0278. The molecule has 0 aromatic heterocycles. The molecule has 0 saturated carbocycles. The Kier molecular flexibility index (Phi) is 35.4. The number of benzene rings is 3. The molecule has 91 heavy (non-hydrogen) atoms. The van der Waals surface area contributed by atoms with Crippen molar-refractivity contribution in [2.75, 3.05) is 35.8 Å². The van der Waals surface area contributed by atoms with Crippen molar-refractivity contribution in [3.8, 4) is 0 Å². The lowest BCUT2D eigenvalue weighted by Gasteiger charge is -2.30. The maximum absolute atomic E-state index is 13.5. The van der Waals surface area contributed by atoms with Crippen molar-refractivity contribution in [3.05, 3.63) is 89.5 Å². The Morgan fingerprint density at radius 2 is 0.516 bits per heavy atom. The van der Waals surface area contributed by atoms with E-state index in [2.05, 4.69) is 57.5 Å². The van der Waals surface area contributed by atoms with Gasteiger partial charge in [-0.2, -0.15) is 30.0 Å². The fraction of sp³-hybridized carbons (Fsp3) is 0.640. The maximum atomic E-state index is 13.5. The van der Waals surface area contributed by atoms with Crippen LogP contribution in [0, 0.1) is 17.8 Å². The maximum Gasteiger partial charge on any atom is 0.338 e. The lowest BCUT2D eigenvalue weighted by molar-refractivity contribution is 0.0414. The molecule has 3 aliphatic rings. The lowest BCUT2D eigenvalue weighted by Crippen LogP contribution is -2.49. The van der Waals surface area contributed by atoms with Gasteiger partial charge in [0.05, 0.1) is 36.5 Å². The number of rotatable bonds is 48. The first kappa shape index (κ1) is 73.3. The van der Waals surface area contributed by atoms with E-state index in [-0.39, 0.29) is 53.7 Å². The topological polar surface area (TPSA) is 192 Å². The van der Waals surface area contributed by atoms with Gasteiger partial charge in [0.25, 0.3) is 0 Å². The van der Waals surface area contributed by atoms with Gasteiger partial charge in [-0.15, -0.1) is 0 Å². The summed E-state index contributed by atoms with van der Waals surface area (Å²) in [5.41, 5.74) is 3.30. The molecule has 0 saturated heterocycles.